The molecule has 9 heteroatoms. The second kappa shape index (κ2) is 11.4. The second-order valence-corrected chi connectivity index (χ2v) is 8.70. The second-order valence-electron chi connectivity index (χ2n) is 8.70. The van der Waals surface area contributed by atoms with Gasteiger partial charge >= 0.3 is 0 Å². The molecule has 1 aromatic carbocycles. The normalized spacial score (nSPS) is 16.0. The summed E-state index contributed by atoms with van der Waals surface area (Å²) in [5.41, 5.74) is 3.30. The number of aryl methyl sites for hydroxylation is 2. The highest BCUT2D eigenvalue weighted by Gasteiger charge is 2.21. The van der Waals surface area contributed by atoms with Crippen LogP contribution in [0.4, 0.5) is 5.69 Å². The van der Waals surface area contributed by atoms with Crippen LogP contribution in [0.3, 0.4) is 0 Å². The molecule has 0 spiro atoms. The Labute approximate surface area is 199 Å². The zero-order chi connectivity index (χ0) is 23.9. The molecule has 0 aliphatic carbocycles. The highest BCUT2D eigenvalue weighted by atomic mass is 16.5. The molecule has 2 aromatic heterocycles. The first-order valence-electron chi connectivity index (χ1n) is 11.5. The lowest BCUT2D eigenvalue weighted by atomic mass is 10.1. The summed E-state index contributed by atoms with van der Waals surface area (Å²) in [7, 11) is 0. The summed E-state index contributed by atoms with van der Waals surface area (Å²) < 4.78 is 16.3. The van der Waals surface area contributed by atoms with Crippen LogP contribution in [-0.2, 0) is 17.9 Å². The van der Waals surface area contributed by atoms with Crippen molar-refractivity contribution < 1.29 is 23.5 Å². The van der Waals surface area contributed by atoms with Gasteiger partial charge in [0.1, 0.15) is 18.6 Å². The van der Waals surface area contributed by atoms with Gasteiger partial charge in [0.2, 0.25) is 5.89 Å². The van der Waals surface area contributed by atoms with Crippen LogP contribution in [0.25, 0.3) is 0 Å². The number of nitrogens with zero attached hydrogens (tertiary/aromatic N) is 3. The molecule has 1 fully saturated rings. The van der Waals surface area contributed by atoms with Gasteiger partial charge in [-0.3, -0.25) is 14.6 Å². The van der Waals surface area contributed by atoms with Gasteiger partial charge in [-0.2, -0.15) is 0 Å². The van der Waals surface area contributed by atoms with E-state index in [9.17, 15) is 9.90 Å². The molecule has 2 N–H and O–H groups in total. The van der Waals surface area contributed by atoms with Crippen molar-refractivity contribution in [2.75, 3.05) is 44.6 Å². The average Bonchev–Trinajstić information content (AvgIpc) is 3.50. The molecule has 182 valence electrons. The number of benzene rings is 1. The minimum atomic E-state index is -0.549. The number of furan rings is 1. The van der Waals surface area contributed by atoms with Crippen LogP contribution in [0, 0.1) is 13.8 Å². The Morgan fingerprint density at radius 1 is 1.15 bits per heavy atom. The lowest BCUT2D eigenvalue weighted by Crippen LogP contribution is -2.48. The lowest BCUT2D eigenvalue weighted by Gasteiger charge is -2.34. The van der Waals surface area contributed by atoms with Crippen molar-refractivity contribution >= 4 is 11.6 Å². The van der Waals surface area contributed by atoms with Crippen molar-refractivity contribution in [3.8, 4) is 0 Å². The fourth-order valence-corrected chi connectivity index (χ4v) is 3.86. The van der Waals surface area contributed by atoms with E-state index in [0.29, 0.717) is 25.6 Å². The number of nitrogens with one attached hydrogen (secondary N) is 1. The Kier molecular flexibility index (Phi) is 8.12. The summed E-state index contributed by atoms with van der Waals surface area (Å²) in [6.07, 6.45) is 2.46. The summed E-state index contributed by atoms with van der Waals surface area (Å²) in [6, 6.07) is 9.46. The van der Waals surface area contributed by atoms with E-state index in [4.69, 9.17) is 13.6 Å². The van der Waals surface area contributed by atoms with Crippen molar-refractivity contribution in [3.63, 3.8) is 0 Å². The molecule has 0 saturated carbocycles. The SMILES string of the molecule is Cc1ccc(NC(=O)c2coc(CN3CCN(CC(O)COCc4ccco4)CC3)n2)cc1C. The van der Waals surface area contributed by atoms with E-state index in [2.05, 4.69) is 20.1 Å². The number of hydrogen-bond donors (Lipinski definition) is 2. The standard InChI is InChI=1S/C25H32N4O5/c1-18-5-6-20(12-19(18)2)26-25(31)23-17-34-24(27-23)14-29-9-7-28(8-10-29)13-21(30)15-32-16-22-4-3-11-33-22/h3-6,11-12,17,21,30H,7-10,13-16H2,1-2H3,(H,26,31). The van der Waals surface area contributed by atoms with Crippen LogP contribution in [0.15, 0.2) is 51.7 Å². The number of rotatable bonds is 10. The molecule has 1 unspecified atom stereocenters. The number of aromatic nitrogens is 1. The van der Waals surface area contributed by atoms with Crippen LogP contribution in [0.1, 0.15) is 33.3 Å². The Morgan fingerprint density at radius 2 is 1.94 bits per heavy atom. The first-order valence-corrected chi connectivity index (χ1v) is 11.5. The molecule has 3 aromatic rings. The van der Waals surface area contributed by atoms with Crippen LogP contribution < -0.4 is 5.32 Å². The summed E-state index contributed by atoms with van der Waals surface area (Å²) in [5.74, 6) is 0.981. The van der Waals surface area contributed by atoms with Gasteiger partial charge < -0.3 is 24.0 Å². The predicted molar refractivity (Wildman–Crippen MR) is 126 cm³/mol. The fourth-order valence-electron chi connectivity index (χ4n) is 3.86. The van der Waals surface area contributed by atoms with E-state index >= 15 is 0 Å². The number of hydrogen-bond acceptors (Lipinski definition) is 8. The van der Waals surface area contributed by atoms with Crippen molar-refractivity contribution in [3.05, 3.63) is 71.3 Å². The maximum atomic E-state index is 12.5. The van der Waals surface area contributed by atoms with Crippen molar-refractivity contribution in [1.82, 2.24) is 14.8 Å². The Morgan fingerprint density at radius 3 is 2.68 bits per heavy atom. The predicted octanol–water partition coefficient (Wildman–Crippen LogP) is 2.83. The highest BCUT2D eigenvalue weighted by molar-refractivity contribution is 6.02. The Balaban J connectivity index is 1.17. The van der Waals surface area contributed by atoms with Gasteiger partial charge in [-0.15, -0.1) is 0 Å². The molecule has 1 saturated heterocycles. The van der Waals surface area contributed by atoms with E-state index < -0.39 is 6.10 Å². The van der Waals surface area contributed by atoms with Gasteiger partial charge in [0.15, 0.2) is 5.69 Å². The van der Waals surface area contributed by atoms with E-state index in [-0.39, 0.29) is 18.2 Å². The third kappa shape index (κ3) is 6.77. The molecule has 9 nitrogen and oxygen atoms in total. The van der Waals surface area contributed by atoms with Crippen molar-refractivity contribution in [1.29, 1.82) is 0 Å². The number of anilines is 1. The minimum Gasteiger partial charge on any atom is -0.467 e. The van der Waals surface area contributed by atoms with Gasteiger partial charge in [-0.05, 0) is 49.2 Å². The number of piperazine rings is 1. The van der Waals surface area contributed by atoms with E-state index in [1.807, 2.05) is 44.2 Å². The number of carbonyl (C=O) groups excluding carboxylic acids is 1. The molecule has 3 heterocycles. The number of β-amino-alcohol motifs (C(OH)–C–C–N with tert-alkyl or cyclic N) is 1. The quantitative estimate of drug-likeness (QED) is 0.468. The number of ether oxygens (including phenoxy) is 1. The molecule has 1 aliphatic heterocycles. The number of oxazole rings is 1. The third-order valence-electron chi connectivity index (χ3n) is 5.98. The third-order valence-corrected chi connectivity index (χ3v) is 5.98. The van der Waals surface area contributed by atoms with E-state index in [0.717, 1.165) is 43.2 Å². The molecular formula is C25H32N4O5. The molecule has 34 heavy (non-hydrogen) atoms. The van der Waals surface area contributed by atoms with Gasteiger partial charge in [0.05, 0.1) is 25.5 Å². The number of aliphatic hydroxyl groups is 1. The molecular weight excluding hydrogens is 436 g/mol. The van der Waals surface area contributed by atoms with E-state index in [1.165, 1.54) is 11.8 Å². The first-order chi connectivity index (χ1) is 16.5. The zero-order valence-corrected chi connectivity index (χ0v) is 19.7. The maximum Gasteiger partial charge on any atom is 0.277 e. The van der Waals surface area contributed by atoms with Gasteiger partial charge in [0.25, 0.3) is 5.91 Å². The van der Waals surface area contributed by atoms with Gasteiger partial charge in [0, 0.05) is 38.4 Å². The lowest BCUT2D eigenvalue weighted by molar-refractivity contribution is -0.00353. The molecule has 1 atom stereocenters. The van der Waals surface area contributed by atoms with Crippen LogP contribution in [-0.4, -0.2) is 71.2 Å². The van der Waals surface area contributed by atoms with Crippen molar-refractivity contribution in [2.24, 2.45) is 0 Å². The highest BCUT2D eigenvalue weighted by Crippen LogP contribution is 2.16. The summed E-state index contributed by atoms with van der Waals surface area (Å²) in [6.45, 7) is 9.09. The smallest absolute Gasteiger partial charge is 0.277 e. The Hall–Kier alpha value is -2.98. The number of carbonyl (C=O) groups is 1. The average molecular weight is 469 g/mol. The van der Waals surface area contributed by atoms with Crippen LogP contribution in [0.5, 0.6) is 0 Å². The molecule has 4 rings (SSSR count). The number of amides is 1. The molecule has 0 bridgehead atoms. The topological polar surface area (TPSA) is 104 Å². The van der Waals surface area contributed by atoms with Crippen LogP contribution in [0.2, 0.25) is 0 Å². The summed E-state index contributed by atoms with van der Waals surface area (Å²) >= 11 is 0. The maximum absolute atomic E-state index is 12.5. The van der Waals surface area contributed by atoms with E-state index in [1.54, 1.807) is 6.26 Å². The number of aliphatic hydroxyl groups excluding tert-OH is 1. The minimum absolute atomic E-state index is 0.268. The largest absolute Gasteiger partial charge is 0.467 e. The first kappa shape index (κ1) is 24.2. The zero-order valence-electron chi connectivity index (χ0n) is 19.7. The van der Waals surface area contributed by atoms with Crippen molar-refractivity contribution in [2.45, 2.75) is 33.1 Å². The molecule has 1 amide bonds. The summed E-state index contributed by atoms with van der Waals surface area (Å²) in [5, 5.41) is 13.1. The fraction of sp³-hybridized carbons (Fsp3) is 0.440. The Bertz CT molecular complexity index is 1060. The molecule has 1 aliphatic rings. The van der Waals surface area contributed by atoms with Gasteiger partial charge in [-0.25, -0.2) is 4.98 Å². The summed E-state index contributed by atoms with van der Waals surface area (Å²) in [4.78, 5) is 21.3. The van der Waals surface area contributed by atoms with Crippen LogP contribution >= 0.6 is 0 Å². The monoisotopic (exact) mass is 468 g/mol. The van der Waals surface area contributed by atoms with Gasteiger partial charge in [-0.1, -0.05) is 6.07 Å². The molecule has 0 radical (unpaired) electrons.